The highest BCUT2D eigenvalue weighted by molar-refractivity contribution is 6.00. The van der Waals surface area contributed by atoms with Crippen LogP contribution in [0.3, 0.4) is 0 Å². The topological polar surface area (TPSA) is 123 Å². The maximum atomic E-state index is 15.4. The molecule has 2 heterocycles. The van der Waals surface area contributed by atoms with E-state index in [0.29, 0.717) is 0 Å². The number of anilines is 3. The van der Waals surface area contributed by atoms with Crippen molar-refractivity contribution in [2.75, 3.05) is 10.2 Å². The van der Waals surface area contributed by atoms with E-state index in [-0.39, 0.29) is 34.3 Å². The molecule has 4 aromatic rings. The SMILES string of the molecule is CC(C)(C)OC(=O)Nc1nccc(Oc2ccc(N(C(=O)n3ccccc3=O)c3ccc(F)cc3)cc2F)c1CO. The van der Waals surface area contributed by atoms with Crippen LogP contribution < -0.4 is 20.5 Å². The van der Waals surface area contributed by atoms with Gasteiger partial charge in [0.15, 0.2) is 11.6 Å². The van der Waals surface area contributed by atoms with Crippen molar-refractivity contribution in [3.05, 3.63) is 107 Å². The molecule has 2 aromatic heterocycles. The first-order chi connectivity index (χ1) is 19.5. The van der Waals surface area contributed by atoms with E-state index in [9.17, 15) is 23.9 Å². The van der Waals surface area contributed by atoms with Crippen LogP contribution >= 0.6 is 0 Å². The summed E-state index contributed by atoms with van der Waals surface area (Å²) in [5, 5.41) is 12.4. The van der Waals surface area contributed by atoms with E-state index in [4.69, 9.17) is 9.47 Å². The van der Waals surface area contributed by atoms with Gasteiger partial charge in [-0.2, -0.15) is 0 Å². The minimum atomic E-state index is -0.898. The van der Waals surface area contributed by atoms with Crippen molar-refractivity contribution in [3.8, 4) is 11.5 Å². The van der Waals surface area contributed by atoms with Gasteiger partial charge >= 0.3 is 12.1 Å². The van der Waals surface area contributed by atoms with Crippen molar-refractivity contribution in [3.63, 3.8) is 0 Å². The number of aromatic nitrogens is 2. The molecule has 2 aromatic carbocycles. The fraction of sp³-hybridized carbons (Fsp3) is 0.172. The maximum Gasteiger partial charge on any atom is 0.413 e. The molecule has 2 amide bonds. The van der Waals surface area contributed by atoms with Crippen LogP contribution in [0.25, 0.3) is 0 Å². The van der Waals surface area contributed by atoms with Crippen LogP contribution in [0, 0.1) is 11.6 Å². The predicted octanol–water partition coefficient (Wildman–Crippen LogP) is 5.96. The quantitative estimate of drug-likeness (QED) is 0.296. The van der Waals surface area contributed by atoms with Gasteiger partial charge in [0.2, 0.25) is 0 Å². The van der Waals surface area contributed by atoms with Gasteiger partial charge in [-0.25, -0.2) is 27.9 Å². The van der Waals surface area contributed by atoms with E-state index in [1.807, 2.05) is 0 Å². The average Bonchev–Trinajstić information content (AvgIpc) is 2.90. The molecular weight excluding hydrogens is 538 g/mol. The van der Waals surface area contributed by atoms with Crippen LogP contribution in [-0.2, 0) is 11.3 Å². The van der Waals surface area contributed by atoms with Gasteiger partial charge in [-0.15, -0.1) is 0 Å². The zero-order valence-corrected chi connectivity index (χ0v) is 22.3. The Labute approximate surface area is 233 Å². The summed E-state index contributed by atoms with van der Waals surface area (Å²) < 4.78 is 40.7. The number of hydrogen-bond donors (Lipinski definition) is 2. The van der Waals surface area contributed by atoms with Crippen LogP contribution in [-0.4, -0.2) is 32.4 Å². The second-order valence-corrected chi connectivity index (χ2v) is 9.64. The zero-order chi connectivity index (χ0) is 29.7. The summed E-state index contributed by atoms with van der Waals surface area (Å²) in [5.74, 6) is -1.77. The number of amides is 2. The Kier molecular flexibility index (Phi) is 8.43. The molecule has 0 unspecified atom stereocenters. The van der Waals surface area contributed by atoms with Gasteiger partial charge in [-0.3, -0.25) is 15.0 Å². The molecule has 0 aliphatic carbocycles. The predicted molar refractivity (Wildman–Crippen MR) is 147 cm³/mol. The molecule has 0 fully saturated rings. The Morgan fingerprint density at radius 3 is 2.34 bits per heavy atom. The number of nitrogens with one attached hydrogen (secondary N) is 1. The lowest BCUT2D eigenvalue weighted by molar-refractivity contribution is 0.0635. The second kappa shape index (κ2) is 12.0. The molecule has 0 saturated heterocycles. The number of halogens is 2. The first-order valence-corrected chi connectivity index (χ1v) is 12.3. The minimum Gasteiger partial charge on any atom is -0.454 e. The number of pyridine rings is 2. The molecule has 0 saturated carbocycles. The van der Waals surface area contributed by atoms with E-state index in [2.05, 4.69) is 10.3 Å². The summed E-state index contributed by atoms with van der Waals surface area (Å²) in [7, 11) is 0. The van der Waals surface area contributed by atoms with E-state index < -0.39 is 41.5 Å². The number of carbonyl (C=O) groups excluding carboxylic acids is 2. The molecule has 2 N–H and O–H groups in total. The lowest BCUT2D eigenvalue weighted by atomic mass is 10.2. The largest absolute Gasteiger partial charge is 0.454 e. The summed E-state index contributed by atoms with van der Waals surface area (Å²) in [4.78, 5) is 43.0. The number of benzene rings is 2. The van der Waals surface area contributed by atoms with E-state index in [1.165, 1.54) is 60.9 Å². The van der Waals surface area contributed by atoms with Crippen molar-refractivity contribution in [2.24, 2.45) is 0 Å². The molecule has 0 spiro atoms. The lowest BCUT2D eigenvalue weighted by Crippen LogP contribution is -2.36. The van der Waals surface area contributed by atoms with Gasteiger partial charge in [-0.05, 0) is 69.3 Å². The Morgan fingerprint density at radius 1 is 1.00 bits per heavy atom. The number of aliphatic hydroxyl groups excluding tert-OH is 1. The summed E-state index contributed by atoms with van der Waals surface area (Å²) >= 11 is 0. The number of carbonyl (C=O) groups is 2. The van der Waals surface area contributed by atoms with Crippen LogP contribution in [0.1, 0.15) is 26.3 Å². The first-order valence-electron chi connectivity index (χ1n) is 12.3. The highest BCUT2D eigenvalue weighted by atomic mass is 19.1. The molecule has 12 heteroatoms. The molecule has 41 heavy (non-hydrogen) atoms. The molecule has 0 radical (unpaired) electrons. The lowest BCUT2D eigenvalue weighted by Gasteiger charge is -2.24. The standard InChI is InChI=1S/C29H26F2N4O6/c1-29(2,3)41-27(38)33-26-21(17-36)23(13-14-32-26)40-24-12-11-20(16-22(24)31)35(19-9-7-18(30)8-10-19)28(39)34-15-5-4-6-25(34)37/h4-16,36H,17H2,1-3H3,(H,32,33,38). The third-order valence-electron chi connectivity index (χ3n) is 5.49. The first kappa shape index (κ1) is 28.9. The summed E-state index contributed by atoms with van der Waals surface area (Å²) in [6, 6.07) is 13.2. The third-order valence-corrected chi connectivity index (χ3v) is 5.49. The molecule has 4 rings (SSSR count). The fourth-order valence-electron chi connectivity index (χ4n) is 3.71. The maximum absolute atomic E-state index is 15.4. The minimum absolute atomic E-state index is 0.00233. The number of aliphatic hydroxyl groups is 1. The Bertz CT molecular complexity index is 1630. The molecule has 212 valence electrons. The molecular formula is C29H26F2N4O6. The van der Waals surface area contributed by atoms with Crippen LogP contribution in [0.5, 0.6) is 11.5 Å². The highest BCUT2D eigenvalue weighted by Crippen LogP contribution is 2.34. The van der Waals surface area contributed by atoms with Crippen molar-refractivity contribution < 1.29 is 33.0 Å². The van der Waals surface area contributed by atoms with Crippen molar-refractivity contribution in [1.29, 1.82) is 0 Å². The molecule has 0 aliphatic rings. The van der Waals surface area contributed by atoms with E-state index >= 15 is 4.39 Å². The van der Waals surface area contributed by atoms with Crippen molar-refractivity contribution in [1.82, 2.24) is 9.55 Å². The normalized spacial score (nSPS) is 11.1. The van der Waals surface area contributed by atoms with Gasteiger partial charge in [0.05, 0.1) is 23.5 Å². The van der Waals surface area contributed by atoms with Crippen LogP contribution in [0.2, 0.25) is 0 Å². The van der Waals surface area contributed by atoms with Gasteiger partial charge in [0.1, 0.15) is 23.0 Å². The molecule has 0 atom stereocenters. The number of nitrogens with zero attached hydrogens (tertiary/aromatic N) is 3. The molecule has 10 nitrogen and oxygen atoms in total. The molecule has 0 bridgehead atoms. The average molecular weight is 565 g/mol. The number of rotatable bonds is 6. The number of hydrogen-bond acceptors (Lipinski definition) is 7. The van der Waals surface area contributed by atoms with Gasteiger partial charge in [0, 0.05) is 24.5 Å². The van der Waals surface area contributed by atoms with E-state index in [0.717, 1.165) is 27.7 Å². The Hall–Kier alpha value is -5.10. The summed E-state index contributed by atoms with van der Waals surface area (Å²) in [6.45, 7) is 4.44. The fourth-order valence-corrected chi connectivity index (χ4v) is 3.71. The second-order valence-electron chi connectivity index (χ2n) is 9.64. The smallest absolute Gasteiger partial charge is 0.413 e. The monoisotopic (exact) mass is 564 g/mol. The summed E-state index contributed by atoms with van der Waals surface area (Å²) in [6.07, 6.45) is 1.74. The molecule has 0 aliphatic heterocycles. The highest BCUT2D eigenvalue weighted by Gasteiger charge is 2.23. The van der Waals surface area contributed by atoms with Crippen LogP contribution in [0.4, 0.5) is 35.6 Å². The van der Waals surface area contributed by atoms with Crippen molar-refractivity contribution >= 4 is 29.3 Å². The van der Waals surface area contributed by atoms with Crippen LogP contribution in [0.15, 0.2) is 83.9 Å². The zero-order valence-electron chi connectivity index (χ0n) is 22.3. The van der Waals surface area contributed by atoms with Gasteiger partial charge < -0.3 is 14.6 Å². The van der Waals surface area contributed by atoms with Gasteiger partial charge in [0.25, 0.3) is 5.56 Å². The third kappa shape index (κ3) is 6.92. The number of ether oxygens (including phenoxy) is 2. The summed E-state index contributed by atoms with van der Waals surface area (Å²) in [5.41, 5.74) is -1.13. The Balaban J connectivity index is 1.67. The Morgan fingerprint density at radius 2 is 1.71 bits per heavy atom. The van der Waals surface area contributed by atoms with Gasteiger partial charge in [-0.1, -0.05) is 6.07 Å². The van der Waals surface area contributed by atoms with Crippen molar-refractivity contribution in [2.45, 2.75) is 33.0 Å². The van der Waals surface area contributed by atoms with E-state index in [1.54, 1.807) is 20.8 Å².